The summed E-state index contributed by atoms with van der Waals surface area (Å²) in [6.45, 7) is 13.6. The van der Waals surface area contributed by atoms with Crippen LogP contribution in [0.5, 0.6) is 0 Å². The van der Waals surface area contributed by atoms with Crippen LogP contribution in [-0.4, -0.2) is 26.1 Å². The molecule has 0 atom stereocenters. The molecule has 1 aromatic rings. The van der Waals surface area contributed by atoms with E-state index < -0.39 is 16.1 Å². The molecule has 0 aliphatic carbocycles. The predicted molar refractivity (Wildman–Crippen MR) is 80.4 cm³/mol. The van der Waals surface area contributed by atoms with E-state index in [0.717, 1.165) is 16.5 Å². The molecule has 0 aliphatic heterocycles. The van der Waals surface area contributed by atoms with Gasteiger partial charge in [-0.05, 0) is 0 Å². The van der Waals surface area contributed by atoms with Crippen LogP contribution in [0.3, 0.4) is 0 Å². The van der Waals surface area contributed by atoms with Gasteiger partial charge in [-0.25, -0.2) is 4.98 Å². The van der Waals surface area contributed by atoms with Crippen LogP contribution in [0.4, 0.5) is 5.82 Å². The molecule has 92 valence electrons. The monoisotopic (exact) mass is 263 g/mol. The second kappa shape index (κ2) is 4.63. The summed E-state index contributed by atoms with van der Waals surface area (Å²) < 4.78 is 0. The van der Waals surface area contributed by atoms with Gasteiger partial charge in [0.15, 0.2) is 5.82 Å². The predicted octanol–water partition coefficient (Wildman–Crippen LogP) is 1.57. The maximum atomic E-state index is 5.29. The van der Waals surface area contributed by atoms with Gasteiger partial charge in [0.1, 0.15) is 16.1 Å². The Morgan fingerprint density at radius 3 is 2.12 bits per heavy atom. The number of aromatic nitrogens is 2. The number of anilines is 1. The van der Waals surface area contributed by atoms with E-state index in [1.165, 1.54) is 0 Å². The first-order chi connectivity index (χ1) is 7.66. The molecule has 0 saturated heterocycles. The fourth-order valence-corrected chi connectivity index (χ4v) is 3.74. The van der Waals surface area contributed by atoms with Crippen LogP contribution in [0.15, 0.2) is 6.20 Å². The van der Waals surface area contributed by atoms with Crippen molar-refractivity contribution in [2.24, 2.45) is 0 Å². The molecule has 0 unspecified atom stereocenters. The molecule has 0 fully saturated rings. The molecule has 3 nitrogen and oxygen atoms in total. The van der Waals surface area contributed by atoms with Crippen LogP contribution in [0.1, 0.15) is 0 Å². The molecule has 0 aliphatic rings. The second-order valence-electron chi connectivity index (χ2n) is 6.22. The second-order valence-corrected chi connectivity index (χ2v) is 16.2. The fourth-order valence-electron chi connectivity index (χ4n) is 1.43. The van der Waals surface area contributed by atoms with Crippen LogP contribution >= 0.6 is 0 Å². The standard InChI is InChI=1S/C12H21N3Si2/c1-8-13-11-12(17(5,6)7)15-10(9-14-11)16(2,3)4/h1,9H,2-7H3,(H,13,14). The maximum absolute atomic E-state index is 5.29. The van der Waals surface area contributed by atoms with Gasteiger partial charge in [0.05, 0.1) is 5.32 Å². The quantitative estimate of drug-likeness (QED) is 0.511. The molecular weight excluding hydrogens is 242 g/mol. The first-order valence-electron chi connectivity index (χ1n) is 5.76. The minimum absolute atomic E-state index is 0.758. The molecular formula is C12H21N3Si2. The molecule has 0 aromatic carbocycles. The van der Waals surface area contributed by atoms with E-state index in [0.29, 0.717) is 0 Å². The number of hydrogen-bond acceptors (Lipinski definition) is 3. The lowest BCUT2D eigenvalue weighted by Gasteiger charge is -2.22. The summed E-state index contributed by atoms with van der Waals surface area (Å²) in [5.41, 5.74) is 0. The minimum atomic E-state index is -1.53. The Labute approximate surface area is 106 Å². The molecule has 1 heterocycles. The summed E-state index contributed by atoms with van der Waals surface area (Å²) >= 11 is 0. The molecule has 0 amide bonds. The van der Waals surface area contributed by atoms with Crippen LogP contribution in [0.25, 0.3) is 0 Å². The van der Waals surface area contributed by atoms with E-state index in [9.17, 15) is 0 Å². The van der Waals surface area contributed by atoms with E-state index in [-0.39, 0.29) is 0 Å². The Morgan fingerprint density at radius 2 is 1.71 bits per heavy atom. The van der Waals surface area contributed by atoms with Crippen LogP contribution in [0.2, 0.25) is 39.3 Å². The van der Waals surface area contributed by atoms with Crippen molar-refractivity contribution in [3.05, 3.63) is 6.20 Å². The lowest BCUT2D eigenvalue weighted by molar-refractivity contribution is 1.25. The molecule has 1 rings (SSSR count). The average Bonchev–Trinajstić information content (AvgIpc) is 2.15. The molecule has 0 bridgehead atoms. The minimum Gasteiger partial charge on any atom is -0.298 e. The van der Waals surface area contributed by atoms with Crippen molar-refractivity contribution in [2.75, 3.05) is 5.32 Å². The first kappa shape index (κ1) is 13.9. The summed E-state index contributed by atoms with van der Waals surface area (Å²) in [6.07, 6.45) is 7.16. The maximum Gasteiger partial charge on any atom is 0.154 e. The van der Waals surface area contributed by atoms with E-state index in [2.05, 4.69) is 55.6 Å². The average molecular weight is 263 g/mol. The summed E-state index contributed by atoms with van der Waals surface area (Å²) in [5.74, 6) is 0.758. The zero-order chi connectivity index (χ0) is 13.3. The highest BCUT2D eigenvalue weighted by Crippen LogP contribution is 2.07. The third-order valence-corrected chi connectivity index (χ3v) is 5.99. The van der Waals surface area contributed by atoms with Gasteiger partial charge in [0, 0.05) is 17.6 Å². The molecule has 0 saturated carbocycles. The summed E-state index contributed by atoms with van der Waals surface area (Å²) in [7, 11) is -2.95. The molecule has 1 N–H and O–H groups in total. The lowest BCUT2D eigenvalue weighted by Crippen LogP contribution is -2.50. The number of hydrogen-bond donors (Lipinski definition) is 1. The Balaban J connectivity index is 3.36. The van der Waals surface area contributed by atoms with Gasteiger partial charge in [0.25, 0.3) is 0 Å². The number of nitrogens with one attached hydrogen (secondary N) is 1. The van der Waals surface area contributed by atoms with Gasteiger partial charge >= 0.3 is 0 Å². The van der Waals surface area contributed by atoms with Crippen molar-refractivity contribution in [3.63, 3.8) is 0 Å². The van der Waals surface area contributed by atoms with Crippen LogP contribution < -0.4 is 16.0 Å². The Hall–Kier alpha value is -1.13. The van der Waals surface area contributed by atoms with Crippen molar-refractivity contribution in [2.45, 2.75) is 39.3 Å². The highest BCUT2D eigenvalue weighted by atomic mass is 28.3. The molecule has 1 aromatic heterocycles. The van der Waals surface area contributed by atoms with Crippen LogP contribution in [0, 0.1) is 12.5 Å². The Bertz CT molecular complexity index is 450. The van der Waals surface area contributed by atoms with Gasteiger partial charge in [0.2, 0.25) is 0 Å². The van der Waals surface area contributed by atoms with E-state index >= 15 is 0 Å². The number of terminal acetylenes is 1. The lowest BCUT2D eigenvalue weighted by atomic mass is 10.6. The van der Waals surface area contributed by atoms with Crippen molar-refractivity contribution >= 4 is 32.6 Å². The zero-order valence-electron chi connectivity index (χ0n) is 11.5. The summed E-state index contributed by atoms with van der Waals surface area (Å²) in [5, 5.41) is 5.10. The smallest absolute Gasteiger partial charge is 0.154 e. The SMILES string of the molecule is C#CNc1ncc([Si](C)(C)C)nc1[Si](C)(C)C. The van der Waals surface area contributed by atoms with E-state index in [1.54, 1.807) is 0 Å². The van der Waals surface area contributed by atoms with Gasteiger partial charge in [-0.2, -0.15) is 0 Å². The molecule has 5 heteroatoms. The Morgan fingerprint density at radius 1 is 1.12 bits per heavy atom. The van der Waals surface area contributed by atoms with Gasteiger partial charge < -0.3 is 0 Å². The largest absolute Gasteiger partial charge is 0.298 e. The summed E-state index contributed by atoms with van der Waals surface area (Å²) in [4.78, 5) is 9.29. The first-order valence-corrected chi connectivity index (χ1v) is 12.8. The molecule has 17 heavy (non-hydrogen) atoms. The third kappa shape index (κ3) is 3.41. The van der Waals surface area contributed by atoms with Crippen molar-refractivity contribution < 1.29 is 0 Å². The van der Waals surface area contributed by atoms with E-state index in [1.807, 2.05) is 6.20 Å². The Kier molecular flexibility index (Phi) is 3.79. The van der Waals surface area contributed by atoms with Crippen LogP contribution in [-0.2, 0) is 0 Å². The highest BCUT2D eigenvalue weighted by molar-refractivity contribution is 6.90. The molecule has 0 spiro atoms. The summed E-state index contributed by atoms with van der Waals surface area (Å²) in [6, 6.07) is 2.44. The third-order valence-electron chi connectivity index (χ3n) is 2.44. The number of rotatable bonds is 3. The van der Waals surface area contributed by atoms with Crippen molar-refractivity contribution in [3.8, 4) is 12.5 Å². The topological polar surface area (TPSA) is 37.8 Å². The normalized spacial score (nSPS) is 12.1. The highest BCUT2D eigenvalue weighted by Gasteiger charge is 2.27. The zero-order valence-corrected chi connectivity index (χ0v) is 13.5. The van der Waals surface area contributed by atoms with Crippen molar-refractivity contribution in [1.82, 2.24) is 9.97 Å². The van der Waals surface area contributed by atoms with Gasteiger partial charge in [-0.3, -0.25) is 10.3 Å². The van der Waals surface area contributed by atoms with Gasteiger partial charge in [-0.1, -0.05) is 45.7 Å². The fraction of sp³-hybridized carbons (Fsp3) is 0.500. The van der Waals surface area contributed by atoms with Crippen molar-refractivity contribution in [1.29, 1.82) is 0 Å². The van der Waals surface area contributed by atoms with E-state index in [4.69, 9.17) is 11.4 Å². The molecule has 0 radical (unpaired) electrons. The number of nitrogens with zero attached hydrogens (tertiary/aromatic N) is 2. The van der Waals surface area contributed by atoms with Gasteiger partial charge in [-0.15, -0.1) is 0 Å².